The lowest BCUT2D eigenvalue weighted by Crippen LogP contribution is -2.14. The number of nitrogens with two attached hydrogens (primary N) is 1. The molecule has 0 aliphatic carbocycles. The lowest BCUT2D eigenvalue weighted by molar-refractivity contribution is 0.102. The monoisotopic (exact) mass is 242 g/mol. The highest BCUT2D eigenvalue weighted by molar-refractivity contribution is 6.05. The Morgan fingerprint density at radius 2 is 1.83 bits per heavy atom. The van der Waals surface area contributed by atoms with Crippen LogP contribution in [0.4, 0.5) is 11.4 Å². The van der Waals surface area contributed by atoms with Crippen LogP contribution in [-0.4, -0.2) is 15.9 Å². The molecule has 0 radical (unpaired) electrons. The summed E-state index contributed by atoms with van der Waals surface area (Å²) in [6, 6.07) is 3.58. The fourth-order valence-electron chi connectivity index (χ4n) is 1.68. The summed E-state index contributed by atoms with van der Waals surface area (Å²) in [5.41, 5.74) is 9.39. The molecule has 0 unspecified atom stereocenters. The number of hydrogen-bond acceptors (Lipinski definition) is 4. The molecule has 5 nitrogen and oxygen atoms in total. The standard InChI is InChI=1S/C13H14N4O/c1-8-3-9(2)12(14)4-11(8)13(18)17-10-5-15-7-16-6-10/h3-7H,14H2,1-2H3,(H,17,18). The van der Waals surface area contributed by atoms with Gasteiger partial charge in [0.1, 0.15) is 6.33 Å². The Labute approximate surface area is 105 Å². The Morgan fingerprint density at radius 1 is 1.17 bits per heavy atom. The zero-order valence-corrected chi connectivity index (χ0v) is 10.3. The van der Waals surface area contributed by atoms with Gasteiger partial charge in [-0.15, -0.1) is 0 Å². The fourth-order valence-corrected chi connectivity index (χ4v) is 1.68. The smallest absolute Gasteiger partial charge is 0.256 e. The molecule has 0 saturated carbocycles. The Hall–Kier alpha value is -2.43. The molecule has 0 fully saturated rings. The van der Waals surface area contributed by atoms with E-state index in [2.05, 4.69) is 15.3 Å². The number of nitrogen functional groups attached to an aromatic ring is 1. The van der Waals surface area contributed by atoms with Crippen molar-refractivity contribution in [3.63, 3.8) is 0 Å². The first-order valence-electron chi connectivity index (χ1n) is 5.51. The molecule has 18 heavy (non-hydrogen) atoms. The second kappa shape index (κ2) is 4.83. The van der Waals surface area contributed by atoms with Gasteiger partial charge in [0, 0.05) is 11.3 Å². The summed E-state index contributed by atoms with van der Waals surface area (Å²) in [5, 5.41) is 2.73. The van der Waals surface area contributed by atoms with Crippen LogP contribution in [0.25, 0.3) is 0 Å². The van der Waals surface area contributed by atoms with Gasteiger partial charge in [0.15, 0.2) is 0 Å². The maximum Gasteiger partial charge on any atom is 0.256 e. The van der Waals surface area contributed by atoms with Crippen LogP contribution >= 0.6 is 0 Å². The largest absolute Gasteiger partial charge is 0.398 e. The van der Waals surface area contributed by atoms with E-state index in [4.69, 9.17) is 5.73 Å². The van der Waals surface area contributed by atoms with Gasteiger partial charge in [-0.2, -0.15) is 0 Å². The number of nitrogens with zero attached hydrogens (tertiary/aromatic N) is 2. The molecule has 2 aromatic rings. The first-order valence-corrected chi connectivity index (χ1v) is 5.51. The van der Waals surface area contributed by atoms with Crippen LogP contribution in [0.3, 0.4) is 0 Å². The van der Waals surface area contributed by atoms with Crippen molar-refractivity contribution >= 4 is 17.3 Å². The predicted molar refractivity (Wildman–Crippen MR) is 70.3 cm³/mol. The van der Waals surface area contributed by atoms with Crippen LogP contribution in [0.1, 0.15) is 21.5 Å². The van der Waals surface area contributed by atoms with Crippen molar-refractivity contribution in [1.82, 2.24) is 9.97 Å². The molecule has 1 heterocycles. The number of nitrogens with one attached hydrogen (secondary N) is 1. The van der Waals surface area contributed by atoms with Crippen LogP contribution < -0.4 is 11.1 Å². The van der Waals surface area contributed by atoms with Crippen molar-refractivity contribution in [3.8, 4) is 0 Å². The van der Waals surface area contributed by atoms with Crippen LogP contribution in [0.15, 0.2) is 30.9 Å². The average Bonchev–Trinajstić information content (AvgIpc) is 2.35. The highest BCUT2D eigenvalue weighted by atomic mass is 16.1. The van der Waals surface area contributed by atoms with Gasteiger partial charge in [-0.25, -0.2) is 9.97 Å². The van der Waals surface area contributed by atoms with Crippen molar-refractivity contribution in [1.29, 1.82) is 0 Å². The highest BCUT2D eigenvalue weighted by Gasteiger charge is 2.11. The first-order chi connectivity index (χ1) is 8.58. The molecule has 1 aromatic heterocycles. The third-order valence-electron chi connectivity index (χ3n) is 2.68. The van der Waals surface area contributed by atoms with Crippen LogP contribution in [0.5, 0.6) is 0 Å². The minimum absolute atomic E-state index is 0.214. The van der Waals surface area contributed by atoms with E-state index < -0.39 is 0 Å². The van der Waals surface area contributed by atoms with E-state index in [1.54, 1.807) is 6.07 Å². The van der Waals surface area contributed by atoms with E-state index in [0.717, 1.165) is 11.1 Å². The Bertz CT molecular complexity index is 581. The average molecular weight is 242 g/mol. The topological polar surface area (TPSA) is 80.9 Å². The van der Waals surface area contributed by atoms with Gasteiger partial charge in [0.2, 0.25) is 0 Å². The number of benzene rings is 1. The molecule has 5 heteroatoms. The van der Waals surface area contributed by atoms with Gasteiger partial charge in [-0.3, -0.25) is 4.79 Å². The Morgan fingerprint density at radius 3 is 2.50 bits per heavy atom. The number of carbonyl (C=O) groups excluding carboxylic acids is 1. The van der Waals surface area contributed by atoms with E-state index in [1.807, 2.05) is 19.9 Å². The summed E-state index contributed by atoms with van der Waals surface area (Å²) < 4.78 is 0. The number of amides is 1. The number of aromatic nitrogens is 2. The SMILES string of the molecule is Cc1cc(C)c(C(=O)Nc2cncnc2)cc1N. The molecule has 0 aliphatic heterocycles. The maximum atomic E-state index is 12.1. The molecule has 0 aliphatic rings. The number of carbonyl (C=O) groups is 1. The number of rotatable bonds is 2. The molecular weight excluding hydrogens is 228 g/mol. The quantitative estimate of drug-likeness (QED) is 0.788. The van der Waals surface area contributed by atoms with Crippen LogP contribution in [-0.2, 0) is 0 Å². The van der Waals surface area contributed by atoms with Crippen molar-refractivity contribution in [2.75, 3.05) is 11.1 Å². The molecule has 0 spiro atoms. The molecule has 1 amide bonds. The van der Waals surface area contributed by atoms with Crippen molar-refractivity contribution in [2.24, 2.45) is 0 Å². The normalized spacial score (nSPS) is 10.1. The summed E-state index contributed by atoms with van der Waals surface area (Å²) in [4.78, 5) is 19.7. The zero-order chi connectivity index (χ0) is 13.1. The van der Waals surface area contributed by atoms with Crippen molar-refractivity contribution < 1.29 is 4.79 Å². The molecule has 92 valence electrons. The molecule has 1 aromatic carbocycles. The fraction of sp³-hybridized carbons (Fsp3) is 0.154. The molecule has 0 saturated heterocycles. The van der Waals surface area contributed by atoms with Crippen molar-refractivity contribution in [3.05, 3.63) is 47.5 Å². The summed E-state index contributed by atoms with van der Waals surface area (Å²) in [7, 11) is 0. The van der Waals surface area contributed by atoms with Gasteiger partial charge in [-0.1, -0.05) is 6.07 Å². The van der Waals surface area contributed by atoms with Gasteiger partial charge in [0.25, 0.3) is 5.91 Å². The molecular formula is C13H14N4O. The first kappa shape index (κ1) is 12.0. The van der Waals surface area contributed by atoms with Crippen LogP contribution in [0, 0.1) is 13.8 Å². The van der Waals surface area contributed by atoms with Gasteiger partial charge >= 0.3 is 0 Å². The van der Waals surface area contributed by atoms with E-state index in [9.17, 15) is 4.79 Å². The minimum Gasteiger partial charge on any atom is -0.398 e. The second-order valence-electron chi connectivity index (χ2n) is 4.10. The number of aryl methyl sites for hydroxylation is 2. The van der Waals surface area contributed by atoms with E-state index in [0.29, 0.717) is 16.9 Å². The summed E-state index contributed by atoms with van der Waals surface area (Å²) >= 11 is 0. The molecule has 3 N–H and O–H groups in total. The summed E-state index contributed by atoms with van der Waals surface area (Å²) in [6.07, 6.45) is 4.49. The number of hydrogen-bond donors (Lipinski definition) is 2. The third kappa shape index (κ3) is 2.45. The lowest BCUT2D eigenvalue weighted by Gasteiger charge is -2.09. The van der Waals surface area contributed by atoms with Crippen LogP contribution in [0.2, 0.25) is 0 Å². The molecule has 0 atom stereocenters. The van der Waals surface area contributed by atoms with Gasteiger partial charge < -0.3 is 11.1 Å². The molecule has 2 rings (SSSR count). The highest BCUT2D eigenvalue weighted by Crippen LogP contribution is 2.18. The second-order valence-corrected chi connectivity index (χ2v) is 4.10. The number of anilines is 2. The predicted octanol–water partition coefficient (Wildman–Crippen LogP) is 1.93. The summed E-state index contributed by atoms with van der Waals surface area (Å²) in [5.74, 6) is -0.214. The minimum atomic E-state index is -0.214. The van der Waals surface area contributed by atoms with Gasteiger partial charge in [0.05, 0.1) is 18.1 Å². The summed E-state index contributed by atoms with van der Waals surface area (Å²) in [6.45, 7) is 3.79. The van der Waals surface area contributed by atoms with E-state index in [-0.39, 0.29) is 5.91 Å². The Kier molecular flexibility index (Phi) is 3.23. The third-order valence-corrected chi connectivity index (χ3v) is 2.68. The molecule has 0 bridgehead atoms. The maximum absolute atomic E-state index is 12.1. The van der Waals surface area contributed by atoms with E-state index >= 15 is 0 Å². The van der Waals surface area contributed by atoms with Gasteiger partial charge in [-0.05, 0) is 31.0 Å². The van der Waals surface area contributed by atoms with Crippen molar-refractivity contribution in [2.45, 2.75) is 13.8 Å². The zero-order valence-electron chi connectivity index (χ0n) is 10.3. The Balaban J connectivity index is 2.27. The lowest BCUT2D eigenvalue weighted by atomic mass is 10.0. The van der Waals surface area contributed by atoms with E-state index in [1.165, 1.54) is 18.7 Å².